The molecule has 6 aliphatic rings. The topological polar surface area (TPSA) is 82.0 Å². The lowest BCUT2D eigenvalue weighted by molar-refractivity contribution is -0.183. The molecule has 6 rings (SSSR count). The first kappa shape index (κ1) is 22.3. The van der Waals surface area contributed by atoms with Crippen LogP contribution >= 0.6 is 0 Å². The van der Waals surface area contributed by atoms with E-state index in [1.54, 1.807) is 0 Å². The highest BCUT2D eigenvalue weighted by Gasteiger charge is 2.70. The van der Waals surface area contributed by atoms with E-state index in [1.165, 1.54) is 32.1 Å². The first-order valence-corrected chi connectivity index (χ1v) is 13.6. The highest BCUT2D eigenvalue weighted by Crippen LogP contribution is 2.71. The van der Waals surface area contributed by atoms with Crippen LogP contribution in [0, 0.1) is 52.3 Å². The molecule has 5 heteroatoms. The number of ether oxygens (including phenoxy) is 1. The van der Waals surface area contributed by atoms with Gasteiger partial charge in [-0.1, -0.05) is 20.8 Å². The maximum Gasteiger partial charge on any atom is 0.148 e. The zero-order valence-electron chi connectivity index (χ0n) is 20.3. The lowest BCUT2D eigenvalue weighted by Crippen LogP contribution is -2.64. The van der Waals surface area contributed by atoms with E-state index in [1.807, 2.05) is 0 Å². The van der Waals surface area contributed by atoms with Gasteiger partial charge in [0.25, 0.3) is 0 Å². The summed E-state index contributed by atoms with van der Waals surface area (Å²) in [6, 6.07) is 0. The quantitative estimate of drug-likeness (QED) is 0.496. The Morgan fingerprint density at radius 2 is 1.72 bits per heavy atom. The number of aliphatic hydroxyl groups excluding tert-OH is 3. The Kier molecular flexibility index (Phi) is 5.15. The predicted octanol–water partition coefficient (Wildman–Crippen LogP) is 3.31. The van der Waals surface area contributed by atoms with Gasteiger partial charge in [0, 0.05) is 19.1 Å². The van der Waals surface area contributed by atoms with Crippen molar-refractivity contribution in [2.45, 2.75) is 103 Å². The molecular formula is C27H45NO4. The molecular weight excluding hydrogens is 402 g/mol. The highest BCUT2D eigenvalue weighted by molar-refractivity contribution is 5.17. The van der Waals surface area contributed by atoms with Crippen molar-refractivity contribution in [1.82, 2.24) is 5.32 Å². The summed E-state index contributed by atoms with van der Waals surface area (Å²) in [5, 5.41) is 34.6. The van der Waals surface area contributed by atoms with Crippen LogP contribution in [0.3, 0.4) is 0 Å². The van der Waals surface area contributed by atoms with E-state index in [4.69, 9.17) is 4.74 Å². The first-order valence-electron chi connectivity index (χ1n) is 13.6. The zero-order valence-corrected chi connectivity index (χ0v) is 20.3. The van der Waals surface area contributed by atoms with Crippen molar-refractivity contribution < 1.29 is 20.1 Å². The van der Waals surface area contributed by atoms with Crippen molar-refractivity contribution >= 4 is 0 Å². The van der Waals surface area contributed by atoms with E-state index in [0.717, 1.165) is 43.6 Å². The maximum atomic E-state index is 11.1. The molecule has 32 heavy (non-hydrogen) atoms. The van der Waals surface area contributed by atoms with Crippen molar-refractivity contribution in [2.75, 3.05) is 13.2 Å². The van der Waals surface area contributed by atoms with Crippen molar-refractivity contribution in [3.8, 4) is 0 Å². The molecule has 0 aromatic heterocycles. The molecule has 6 fully saturated rings. The lowest BCUT2D eigenvalue weighted by atomic mass is 9.44. The van der Waals surface area contributed by atoms with E-state index >= 15 is 0 Å². The fourth-order valence-corrected chi connectivity index (χ4v) is 10.6. The van der Waals surface area contributed by atoms with Crippen molar-refractivity contribution in [2.24, 2.45) is 52.3 Å². The molecule has 2 saturated heterocycles. The molecule has 0 aromatic rings. The van der Waals surface area contributed by atoms with E-state index < -0.39 is 11.8 Å². The Balaban J connectivity index is 1.25. The van der Waals surface area contributed by atoms with Gasteiger partial charge < -0.3 is 20.1 Å². The molecule has 4 saturated carbocycles. The zero-order chi connectivity index (χ0) is 22.5. The Morgan fingerprint density at radius 3 is 2.47 bits per heavy atom. The summed E-state index contributed by atoms with van der Waals surface area (Å²) in [7, 11) is 0. The summed E-state index contributed by atoms with van der Waals surface area (Å²) in [6.45, 7) is 8.30. The molecule has 0 bridgehead atoms. The minimum atomic E-state index is -0.630. The van der Waals surface area contributed by atoms with Gasteiger partial charge in [0.1, 0.15) is 5.72 Å². The first-order chi connectivity index (χ1) is 15.2. The van der Waals surface area contributed by atoms with Crippen LogP contribution in [0.2, 0.25) is 0 Å². The van der Waals surface area contributed by atoms with Crippen LogP contribution in [0.1, 0.15) is 78.6 Å². The predicted molar refractivity (Wildman–Crippen MR) is 123 cm³/mol. The number of fused-ring (bicyclic) bond motifs is 7. The summed E-state index contributed by atoms with van der Waals surface area (Å²) in [6.07, 6.45) is 9.84. The Bertz CT molecular complexity index is 747. The average molecular weight is 448 g/mol. The molecule has 2 aliphatic heterocycles. The monoisotopic (exact) mass is 447 g/mol. The minimum Gasteiger partial charge on any atom is -0.396 e. The van der Waals surface area contributed by atoms with Crippen molar-refractivity contribution in [3.63, 3.8) is 0 Å². The van der Waals surface area contributed by atoms with Crippen LogP contribution in [0.25, 0.3) is 0 Å². The van der Waals surface area contributed by atoms with E-state index in [0.29, 0.717) is 29.1 Å². The summed E-state index contributed by atoms with van der Waals surface area (Å²) in [4.78, 5) is 0. The smallest absolute Gasteiger partial charge is 0.148 e. The second-order valence-electron chi connectivity index (χ2n) is 13.3. The number of aliphatic hydroxyl groups is 3. The average Bonchev–Trinajstić information content (AvgIpc) is 3.22. The standard InChI is InChI=1S/C27H45NO4/c1-15-24-22(32-27(15)23(31)10-16(14-29)13-28-27)12-21-19-5-4-17-11-18(30)6-8-25(17,2)20(19)7-9-26(21,24)3/h15-24,28-31H,4-14H2,1-3H3/t15-,16+,17+,18+,19-,20+,21+,22+,23+,24+,25+,26+,27+/m1/s1. The number of piperidine rings is 1. The van der Waals surface area contributed by atoms with Crippen molar-refractivity contribution in [3.05, 3.63) is 0 Å². The number of hydrogen-bond donors (Lipinski definition) is 4. The van der Waals surface area contributed by atoms with E-state index in [2.05, 4.69) is 26.1 Å². The summed E-state index contributed by atoms with van der Waals surface area (Å²) < 4.78 is 6.84. The number of rotatable bonds is 1. The Morgan fingerprint density at radius 1 is 0.938 bits per heavy atom. The van der Waals surface area contributed by atoms with E-state index in [9.17, 15) is 15.3 Å². The normalized spacial score (nSPS) is 61.7. The molecule has 5 nitrogen and oxygen atoms in total. The maximum absolute atomic E-state index is 11.1. The van der Waals surface area contributed by atoms with Gasteiger partial charge in [-0.2, -0.15) is 0 Å². The van der Waals surface area contributed by atoms with Gasteiger partial charge in [-0.05, 0) is 104 Å². The fourth-order valence-electron chi connectivity index (χ4n) is 10.6. The SMILES string of the molecule is C[C@@H]1[C@H]2[C@H](C[C@H]3[C@@H]4CC[C@H]5C[C@@H](O)CC[C@]5(C)[C@H]4CC[C@]23C)O[C@@]12NC[C@@H](CO)C[C@@H]2O. The van der Waals surface area contributed by atoms with Gasteiger partial charge >= 0.3 is 0 Å². The van der Waals surface area contributed by atoms with Crippen LogP contribution in [0.15, 0.2) is 0 Å². The number of hydrogen-bond acceptors (Lipinski definition) is 5. The van der Waals surface area contributed by atoms with Gasteiger partial charge in [-0.25, -0.2) is 0 Å². The van der Waals surface area contributed by atoms with Crippen LogP contribution < -0.4 is 5.32 Å². The van der Waals surface area contributed by atoms with Gasteiger partial charge in [0.15, 0.2) is 0 Å². The van der Waals surface area contributed by atoms with Gasteiger partial charge in [-0.15, -0.1) is 0 Å². The molecule has 0 unspecified atom stereocenters. The highest BCUT2D eigenvalue weighted by atomic mass is 16.5. The Labute approximate surface area is 193 Å². The molecule has 4 N–H and O–H groups in total. The summed E-state index contributed by atoms with van der Waals surface area (Å²) in [5.74, 6) is 3.94. The van der Waals surface area contributed by atoms with Crippen LogP contribution in [0.5, 0.6) is 0 Å². The van der Waals surface area contributed by atoms with Crippen LogP contribution in [-0.4, -0.2) is 52.5 Å². The van der Waals surface area contributed by atoms with Crippen LogP contribution in [0.4, 0.5) is 0 Å². The minimum absolute atomic E-state index is 0.0744. The number of nitrogens with one attached hydrogen (secondary N) is 1. The molecule has 13 atom stereocenters. The van der Waals surface area contributed by atoms with Gasteiger partial charge in [0.05, 0.1) is 18.3 Å². The molecule has 182 valence electrons. The lowest BCUT2D eigenvalue weighted by Gasteiger charge is -2.61. The molecule has 0 amide bonds. The van der Waals surface area contributed by atoms with Gasteiger partial charge in [-0.3, -0.25) is 5.32 Å². The molecule has 2 heterocycles. The molecule has 0 radical (unpaired) electrons. The Hall–Kier alpha value is -0.200. The van der Waals surface area contributed by atoms with Crippen molar-refractivity contribution in [1.29, 1.82) is 0 Å². The summed E-state index contributed by atoms with van der Waals surface area (Å²) >= 11 is 0. The second-order valence-corrected chi connectivity index (χ2v) is 13.3. The fraction of sp³-hybridized carbons (Fsp3) is 1.00. The second kappa shape index (κ2) is 7.40. The third-order valence-electron chi connectivity index (χ3n) is 12.3. The van der Waals surface area contributed by atoms with E-state index in [-0.39, 0.29) is 30.7 Å². The summed E-state index contributed by atoms with van der Waals surface area (Å²) in [5.41, 5.74) is 0.0750. The van der Waals surface area contributed by atoms with Gasteiger partial charge in [0.2, 0.25) is 0 Å². The molecule has 1 spiro atoms. The third-order valence-corrected chi connectivity index (χ3v) is 12.3. The third kappa shape index (κ3) is 2.81. The molecule has 0 aromatic carbocycles. The largest absolute Gasteiger partial charge is 0.396 e. The molecule has 4 aliphatic carbocycles. The van der Waals surface area contributed by atoms with Crippen LogP contribution in [-0.2, 0) is 4.74 Å².